The topological polar surface area (TPSA) is 47.6 Å². The number of hydrogen-bond donors (Lipinski definition) is 1. The van der Waals surface area contributed by atoms with Crippen LogP contribution < -0.4 is 14.8 Å². The molecule has 1 saturated carbocycles. The van der Waals surface area contributed by atoms with Gasteiger partial charge in [0, 0.05) is 6.04 Å². The van der Waals surface area contributed by atoms with Crippen LogP contribution in [0.1, 0.15) is 29.6 Å². The predicted molar refractivity (Wildman–Crippen MR) is 74.3 cm³/mol. The summed E-state index contributed by atoms with van der Waals surface area (Å²) < 4.78 is 10.4. The van der Waals surface area contributed by atoms with Gasteiger partial charge < -0.3 is 14.8 Å². The van der Waals surface area contributed by atoms with Crippen molar-refractivity contribution in [1.29, 1.82) is 0 Å². The second-order valence-corrected chi connectivity index (χ2v) is 5.13. The Balaban J connectivity index is 2.18. The molecule has 0 saturated heterocycles. The van der Waals surface area contributed by atoms with Crippen molar-refractivity contribution in [2.45, 2.75) is 30.7 Å². The van der Waals surface area contributed by atoms with Gasteiger partial charge in [-0.2, -0.15) is 0 Å². The van der Waals surface area contributed by atoms with E-state index in [1.165, 1.54) is 7.11 Å². The lowest BCUT2D eigenvalue weighted by Crippen LogP contribution is -2.38. The Labute approximate surface area is 118 Å². The maximum Gasteiger partial charge on any atom is 0.255 e. The Bertz CT molecular complexity index is 464. The second-order valence-electron chi connectivity index (χ2n) is 4.57. The first kappa shape index (κ1) is 14.0. The Morgan fingerprint density at radius 1 is 1.32 bits per heavy atom. The summed E-state index contributed by atoms with van der Waals surface area (Å²) in [5.41, 5.74) is 0.470. The van der Waals surface area contributed by atoms with Gasteiger partial charge in [-0.05, 0) is 31.4 Å². The lowest BCUT2D eigenvalue weighted by Gasteiger charge is -2.17. The molecule has 19 heavy (non-hydrogen) atoms. The zero-order valence-corrected chi connectivity index (χ0v) is 11.9. The standard InChI is InChI=1S/C14H18ClNO3/c1-18-12-8-3-5-9(13(12)19-2)14(17)16-11-7-4-6-10(11)15/h3,5,8,10-11H,4,6-7H2,1-2H3,(H,16,17). The number of amides is 1. The monoisotopic (exact) mass is 283 g/mol. The van der Waals surface area contributed by atoms with E-state index in [0.717, 1.165) is 19.3 Å². The molecule has 1 amide bonds. The molecular weight excluding hydrogens is 266 g/mol. The van der Waals surface area contributed by atoms with E-state index in [4.69, 9.17) is 21.1 Å². The van der Waals surface area contributed by atoms with Crippen molar-refractivity contribution in [2.24, 2.45) is 0 Å². The zero-order valence-electron chi connectivity index (χ0n) is 11.1. The fourth-order valence-corrected chi connectivity index (χ4v) is 2.73. The number of hydrogen-bond acceptors (Lipinski definition) is 3. The Morgan fingerprint density at radius 2 is 2.11 bits per heavy atom. The van der Waals surface area contributed by atoms with Gasteiger partial charge in [-0.1, -0.05) is 6.07 Å². The molecule has 0 aliphatic heterocycles. The number of rotatable bonds is 4. The fourth-order valence-electron chi connectivity index (χ4n) is 2.39. The van der Waals surface area contributed by atoms with Gasteiger partial charge in [0.15, 0.2) is 11.5 Å². The summed E-state index contributed by atoms with van der Waals surface area (Å²) in [5, 5.41) is 2.98. The number of benzene rings is 1. The van der Waals surface area contributed by atoms with Crippen LogP contribution in [0.4, 0.5) is 0 Å². The first-order chi connectivity index (χ1) is 9.17. The maximum absolute atomic E-state index is 12.3. The molecule has 0 heterocycles. The molecule has 4 nitrogen and oxygen atoms in total. The molecular formula is C14H18ClNO3. The van der Waals surface area contributed by atoms with Gasteiger partial charge in [0.1, 0.15) is 0 Å². The molecule has 2 rings (SSSR count). The van der Waals surface area contributed by atoms with E-state index in [1.54, 1.807) is 25.3 Å². The van der Waals surface area contributed by atoms with Crippen LogP contribution in [-0.2, 0) is 0 Å². The minimum absolute atomic E-state index is 0.0144. The summed E-state index contributed by atoms with van der Waals surface area (Å²) >= 11 is 6.17. The van der Waals surface area contributed by atoms with Crippen LogP contribution in [-0.4, -0.2) is 31.5 Å². The van der Waals surface area contributed by atoms with Crippen molar-refractivity contribution in [2.75, 3.05) is 14.2 Å². The number of carbonyl (C=O) groups is 1. The van der Waals surface area contributed by atoms with E-state index in [1.807, 2.05) is 0 Å². The fraction of sp³-hybridized carbons (Fsp3) is 0.500. The quantitative estimate of drug-likeness (QED) is 0.864. The number of ether oxygens (including phenoxy) is 2. The molecule has 1 aromatic rings. The van der Waals surface area contributed by atoms with Crippen molar-refractivity contribution in [3.8, 4) is 11.5 Å². The minimum atomic E-state index is -0.173. The van der Waals surface area contributed by atoms with E-state index in [-0.39, 0.29) is 17.3 Å². The number of carbonyl (C=O) groups excluding carboxylic acids is 1. The zero-order chi connectivity index (χ0) is 13.8. The molecule has 1 aliphatic carbocycles. The Hall–Kier alpha value is -1.42. The third-order valence-electron chi connectivity index (χ3n) is 3.40. The molecule has 1 aliphatic rings. The van der Waals surface area contributed by atoms with E-state index in [0.29, 0.717) is 17.1 Å². The summed E-state index contributed by atoms with van der Waals surface area (Å²) in [6.45, 7) is 0. The average Bonchev–Trinajstić information content (AvgIpc) is 2.83. The van der Waals surface area contributed by atoms with Crippen molar-refractivity contribution in [3.05, 3.63) is 23.8 Å². The van der Waals surface area contributed by atoms with E-state index >= 15 is 0 Å². The van der Waals surface area contributed by atoms with Crippen LogP contribution >= 0.6 is 11.6 Å². The summed E-state index contributed by atoms with van der Waals surface area (Å²) in [7, 11) is 3.07. The number of halogens is 1. The van der Waals surface area contributed by atoms with Crippen molar-refractivity contribution < 1.29 is 14.3 Å². The number of methoxy groups -OCH3 is 2. The summed E-state index contributed by atoms with van der Waals surface area (Å²) in [4.78, 5) is 12.3. The van der Waals surface area contributed by atoms with E-state index < -0.39 is 0 Å². The van der Waals surface area contributed by atoms with Crippen LogP contribution in [0.2, 0.25) is 0 Å². The van der Waals surface area contributed by atoms with Gasteiger partial charge in [-0.15, -0.1) is 11.6 Å². The van der Waals surface area contributed by atoms with Crippen molar-refractivity contribution in [1.82, 2.24) is 5.32 Å². The molecule has 0 bridgehead atoms. The van der Waals surface area contributed by atoms with Crippen molar-refractivity contribution in [3.63, 3.8) is 0 Å². The molecule has 2 atom stereocenters. The smallest absolute Gasteiger partial charge is 0.255 e. The number of nitrogens with one attached hydrogen (secondary N) is 1. The van der Waals surface area contributed by atoms with Crippen molar-refractivity contribution >= 4 is 17.5 Å². The molecule has 0 aromatic heterocycles. The van der Waals surface area contributed by atoms with Crippen LogP contribution in [0.15, 0.2) is 18.2 Å². The number of para-hydroxylation sites is 1. The molecule has 0 spiro atoms. The first-order valence-electron chi connectivity index (χ1n) is 6.33. The number of alkyl halides is 1. The largest absolute Gasteiger partial charge is 0.493 e. The van der Waals surface area contributed by atoms with Crippen LogP contribution in [0.25, 0.3) is 0 Å². The van der Waals surface area contributed by atoms with Gasteiger partial charge in [0.2, 0.25) is 0 Å². The normalized spacial score (nSPS) is 22.1. The Morgan fingerprint density at radius 3 is 2.68 bits per heavy atom. The third kappa shape index (κ3) is 2.95. The molecule has 1 aromatic carbocycles. The Kier molecular flexibility index (Phi) is 4.53. The maximum atomic E-state index is 12.3. The molecule has 1 fully saturated rings. The summed E-state index contributed by atoms with van der Waals surface area (Å²) in [6, 6.07) is 5.28. The van der Waals surface area contributed by atoms with Gasteiger partial charge in [0.25, 0.3) is 5.91 Å². The lowest BCUT2D eigenvalue weighted by molar-refractivity contribution is 0.0934. The second kappa shape index (κ2) is 6.15. The van der Waals surface area contributed by atoms with Crippen LogP contribution in [0.5, 0.6) is 11.5 Å². The highest BCUT2D eigenvalue weighted by Crippen LogP contribution is 2.31. The van der Waals surface area contributed by atoms with Gasteiger partial charge in [0.05, 0.1) is 25.2 Å². The molecule has 5 heteroatoms. The van der Waals surface area contributed by atoms with E-state index in [2.05, 4.69) is 5.32 Å². The highest BCUT2D eigenvalue weighted by Gasteiger charge is 2.28. The molecule has 1 N–H and O–H groups in total. The summed E-state index contributed by atoms with van der Waals surface area (Å²) in [6.07, 6.45) is 2.92. The van der Waals surface area contributed by atoms with Crippen LogP contribution in [0.3, 0.4) is 0 Å². The summed E-state index contributed by atoms with van der Waals surface area (Å²) in [5.74, 6) is 0.823. The van der Waals surface area contributed by atoms with E-state index in [9.17, 15) is 4.79 Å². The molecule has 0 radical (unpaired) electrons. The van der Waals surface area contributed by atoms with Gasteiger partial charge in [-0.3, -0.25) is 4.79 Å². The SMILES string of the molecule is COc1cccc(C(=O)NC2CCCC2Cl)c1OC. The predicted octanol–water partition coefficient (Wildman–Crippen LogP) is 2.59. The lowest BCUT2D eigenvalue weighted by atomic mass is 10.1. The molecule has 104 valence electrons. The highest BCUT2D eigenvalue weighted by atomic mass is 35.5. The molecule has 2 unspecified atom stereocenters. The minimum Gasteiger partial charge on any atom is -0.493 e. The average molecular weight is 284 g/mol. The van der Waals surface area contributed by atoms with Gasteiger partial charge >= 0.3 is 0 Å². The third-order valence-corrected chi connectivity index (χ3v) is 3.92. The highest BCUT2D eigenvalue weighted by molar-refractivity contribution is 6.21. The van der Waals surface area contributed by atoms with Gasteiger partial charge in [-0.25, -0.2) is 0 Å². The first-order valence-corrected chi connectivity index (χ1v) is 6.77. The van der Waals surface area contributed by atoms with Crippen LogP contribution in [0, 0.1) is 0 Å².